The summed E-state index contributed by atoms with van der Waals surface area (Å²) in [5, 5.41) is 7.80. The Morgan fingerprint density at radius 1 is 1.26 bits per heavy atom. The van der Waals surface area contributed by atoms with Crippen LogP contribution in [0.2, 0.25) is 0 Å². The molecule has 0 atom stereocenters. The Morgan fingerprint density at radius 3 is 2.84 bits per heavy atom. The number of benzene rings is 1. The fourth-order valence-electron chi connectivity index (χ4n) is 1.79. The lowest BCUT2D eigenvalue weighted by Gasteiger charge is -2.10. The fraction of sp³-hybridized carbons (Fsp3) is 0.267. The number of rotatable bonds is 4. The molecule has 2 N–H and O–H groups in total. The van der Waals surface area contributed by atoms with E-state index in [-0.39, 0.29) is 6.03 Å². The first-order valence-corrected chi connectivity index (χ1v) is 7.17. The number of thiophene rings is 1. The van der Waals surface area contributed by atoms with Crippen LogP contribution in [0, 0.1) is 13.8 Å². The van der Waals surface area contributed by atoms with Crippen LogP contribution in [0.1, 0.15) is 16.0 Å². The van der Waals surface area contributed by atoms with Crippen molar-refractivity contribution in [3.63, 3.8) is 0 Å². The minimum atomic E-state index is -0.148. The molecule has 0 aliphatic carbocycles. The largest absolute Gasteiger partial charge is 0.338 e. The molecule has 19 heavy (non-hydrogen) atoms. The molecule has 0 aliphatic rings. The number of hydrogen-bond acceptors (Lipinski definition) is 2. The summed E-state index contributed by atoms with van der Waals surface area (Å²) in [5.74, 6) is 0. The van der Waals surface area contributed by atoms with E-state index in [1.807, 2.05) is 43.5 Å². The number of aryl methyl sites for hydroxylation is 2. The van der Waals surface area contributed by atoms with Gasteiger partial charge in [0.05, 0.1) is 0 Å². The molecule has 2 amide bonds. The number of carbonyl (C=O) groups excluding carboxylic acids is 1. The molecule has 1 aromatic heterocycles. The second-order valence-corrected chi connectivity index (χ2v) is 5.56. The molecule has 0 bridgehead atoms. The van der Waals surface area contributed by atoms with E-state index < -0.39 is 0 Å². The van der Waals surface area contributed by atoms with Crippen molar-refractivity contribution in [2.75, 3.05) is 11.9 Å². The van der Waals surface area contributed by atoms with Crippen LogP contribution in [0.3, 0.4) is 0 Å². The van der Waals surface area contributed by atoms with Gasteiger partial charge in [-0.25, -0.2) is 4.79 Å². The van der Waals surface area contributed by atoms with Crippen LogP contribution >= 0.6 is 11.3 Å². The Bertz CT molecular complexity index is 549. The number of hydrogen-bond donors (Lipinski definition) is 2. The van der Waals surface area contributed by atoms with Gasteiger partial charge in [0.2, 0.25) is 0 Å². The van der Waals surface area contributed by atoms with Gasteiger partial charge in [0, 0.05) is 17.1 Å². The first kappa shape index (κ1) is 13.6. The molecule has 100 valence electrons. The zero-order valence-corrected chi connectivity index (χ0v) is 12.0. The Balaban J connectivity index is 1.82. The van der Waals surface area contributed by atoms with Crippen LogP contribution in [0.5, 0.6) is 0 Å². The van der Waals surface area contributed by atoms with E-state index in [1.165, 1.54) is 4.88 Å². The van der Waals surface area contributed by atoms with Crippen molar-refractivity contribution in [1.82, 2.24) is 5.32 Å². The molecule has 1 aromatic carbocycles. The molecule has 3 nitrogen and oxygen atoms in total. The van der Waals surface area contributed by atoms with Crippen LogP contribution in [0.25, 0.3) is 0 Å². The molecule has 0 spiro atoms. The average Bonchev–Trinajstić information content (AvgIpc) is 2.87. The topological polar surface area (TPSA) is 41.1 Å². The van der Waals surface area contributed by atoms with Crippen molar-refractivity contribution in [2.24, 2.45) is 0 Å². The van der Waals surface area contributed by atoms with Gasteiger partial charge in [-0.15, -0.1) is 11.3 Å². The maximum atomic E-state index is 11.8. The van der Waals surface area contributed by atoms with Crippen LogP contribution in [-0.2, 0) is 6.42 Å². The van der Waals surface area contributed by atoms with E-state index in [2.05, 4.69) is 16.7 Å². The quantitative estimate of drug-likeness (QED) is 0.876. The lowest BCUT2D eigenvalue weighted by Crippen LogP contribution is -2.30. The van der Waals surface area contributed by atoms with Gasteiger partial charge < -0.3 is 10.6 Å². The molecular formula is C15H18N2OS. The van der Waals surface area contributed by atoms with E-state index in [0.29, 0.717) is 6.54 Å². The standard InChI is InChI=1S/C15H18N2OS/c1-11-5-6-12(2)14(10-11)17-15(18)16-8-7-13-4-3-9-19-13/h3-6,9-10H,7-8H2,1-2H3,(H2,16,17,18). The first-order chi connectivity index (χ1) is 9.15. The van der Waals surface area contributed by atoms with E-state index in [1.54, 1.807) is 11.3 Å². The lowest BCUT2D eigenvalue weighted by atomic mass is 10.1. The van der Waals surface area contributed by atoms with Gasteiger partial charge in [-0.05, 0) is 48.9 Å². The summed E-state index contributed by atoms with van der Waals surface area (Å²) < 4.78 is 0. The molecule has 0 unspecified atom stereocenters. The van der Waals surface area contributed by atoms with Crippen molar-refractivity contribution in [2.45, 2.75) is 20.3 Å². The summed E-state index contributed by atoms with van der Waals surface area (Å²) in [7, 11) is 0. The van der Waals surface area contributed by atoms with Gasteiger partial charge in [0.1, 0.15) is 0 Å². The average molecular weight is 274 g/mol. The van der Waals surface area contributed by atoms with Crippen LogP contribution < -0.4 is 10.6 Å². The minimum absolute atomic E-state index is 0.148. The number of amides is 2. The predicted molar refractivity (Wildman–Crippen MR) is 81.0 cm³/mol. The van der Waals surface area contributed by atoms with Crippen molar-refractivity contribution >= 4 is 23.1 Å². The van der Waals surface area contributed by atoms with Crippen LogP contribution in [-0.4, -0.2) is 12.6 Å². The van der Waals surface area contributed by atoms with Gasteiger partial charge >= 0.3 is 6.03 Å². The van der Waals surface area contributed by atoms with Crippen molar-refractivity contribution in [3.05, 3.63) is 51.7 Å². The summed E-state index contributed by atoms with van der Waals surface area (Å²) in [6.45, 7) is 4.65. The van der Waals surface area contributed by atoms with Crippen molar-refractivity contribution in [1.29, 1.82) is 0 Å². The minimum Gasteiger partial charge on any atom is -0.338 e. The van der Waals surface area contributed by atoms with Gasteiger partial charge in [-0.3, -0.25) is 0 Å². The molecule has 1 heterocycles. The normalized spacial score (nSPS) is 10.2. The summed E-state index contributed by atoms with van der Waals surface area (Å²) in [6, 6.07) is 9.98. The fourth-order valence-corrected chi connectivity index (χ4v) is 2.50. The highest BCUT2D eigenvalue weighted by Crippen LogP contribution is 2.16. The van der Waals surface area contributed by atoms with E-state index >= 15 is 0 Å². The zero-order chi connectivity index (χ0) is 13.7. The third-order valence-electron chi connectivity index (χ3n) is 2.88. The molecule has 0 radical (unpaired) electrons. The molecule has 0 aliphatic heterocycles. The molecule has 0 fully saturated rings. The highest BCUT2D eigenvalue weighted by atomic mass is 32.1. The van der Waals surface area contributed by atoms with Gasteiger partial charge in [-0.1, -0.05) is 18.2 Å². The number of carbonyl (C=O) groups is 1. The molecule has 0 saturated heterocycles. The van der Waals surface area contributed by atoms with Crippen molar-refractivity contribution in [3.8, 4) is 0 Å². The molecule has 2 rings (SSSR count). The van der Waals surface area contributed by atoms with Crippen LogP contribution in [0.15, 0.2) is 35.7 Å². The summed E-state index contributed by atoms with van der Waals surface area (Å²) in [6.07, 6.45) is 0.873. The Hall–Kier alpha value is -1.81. The Labute approximate surface area is 117 Å². The van der Waals surface area contributed by atoms with Gasteiger partial charge in [-0.2, -0.15) is 0 Å². The number of nitrogens with one attached hydrogen (secondary N) is 2. The lowest BCUT2D eigenvalue weighted by molar-refractivity contribution is 0.252. The zero-order valence-electron chi connectivity index (χ0n) is 11.2. The smallest absolute Gasteiger partial charge is 0.319 e. The first-order valence-electron chi connectivity index (χ1n) is 6.29. The highest BCUT2D eigenvalue weighted by Gasteiger charge is 2.04. The Morgan fingerprint density at radius 2 is 2.11 bits per heavy atom. The number of urea groups is 1. The summed E-state index contributed by atoms with van der Waals surface area (Å²) in [5.41, 5.74) is 3.08. The predicted octanol–water partition coefficient (Wildman–Crippen LogP) is 3.73. The maximum absolute atomic E-state index is 11.8. The molecular weight excluding hydrogens is 256 g/mol. The summed E-state index contributed by atoms with van der Waals surface area (Å²) in [4.78, 5) is 13.1. The molecule has 0 saturated carbocycles. The van der Waals surface area contributed by atoms with E-state index in [0.717, 1.165) is 23.2 Å². The summed E-state index contributed by atoms with van der Waals surface area (Å²) >= 11 is 1.71. The third-order valence-corrected chi connectivity index (χ3v) is 3.81. The second kappa shape index (κ2) is 6.38. The van der Waals surface area contributed by atoms with Crippen molar-refractivity contribution < 1.29 is 4.79 Å². The second-order valence-electron chi connectivity index (χ2n) is 4.53. The monoisotopic (exact) mass is 274 g/mol. The third kappa shape index (κ3) is 4.10. The Kier molecular flexibility index (Phi) is 4.58. The van der Waals surface area contributed by atoms with Crippen LogP contribution in [0.4, 0.5) is 10.5 Å². The SMILES string of the molecule is Cc1ccc(C)c(NC(=O)NCCc2cccs2)c1. The van der Waals surface area contributed by atoms with Gasteiger partial charge in [0.25, 0.3) is 0 Å². The maximum Gasteiger partial charge on any atom is 0.319 e. The number of anilines is 1. The highest BCUT2D eigenvalue weighted by molar-refractivity contribution is 7.09. The molecule has 4 heteroatoms. The van der Waals surface area contributed by atoms with E-state index in [4.69, 9.17) is 0 Å². The molecule has 2 aromatic rings. The van der Waals surface area contributed by atoms with Gasteiger partial charge in [0.15, 0.2) is 0 Å². The van der Waals surface area contributed by atoms with E-state index in [9.17, 15) is 4.79 Å².